The molecule has 0 spiro atoms. The van der Waals surface area contributed by atoms with Gasteiger partial charge in [0.25, 0.3) is 0 Å². The maximum atomic E-state index is 5.94. The van der Waals surface area contributed by atoms with Crippen molar-refractivity contribution in [3.05, 3.63) is 31.8 Å². The molecule has 4 heteroatoms. The van der Waals surface area contributed by atoms with Crippen LogP contribution in [0.5, 0.6) is 0 Å². The van der Waals surface area contributed by atoms with Crippen molar-refractivity contribution in [1.29, 1.82) is 0 Å². The highest BCUT2D eigenvalue weighted by Crippen LogP contribution is 2.47. The maximum Gasteiger partial charge on any atom is 0.0784 e. The van der Waals surface area contributed by atoms with E-state index in [0.717, 1.165) is 17.5 Å². The Kier molecular flexibility index (Phi) is 2.20. The average molecular weight is 242 g/mol. The molecule has 64 valence electrons. The zero-order chi connectivity index (χ0) is 8.88. The molecule has 1 aliphatic rings. The number of benzene rings is 1. The van der Waals surface area contributed by atoms with E-state index in [-0.39, 0.29) is 0 Å². The molecule has 0 N–H and O–H groups in total. The second-order valence-corrected chi connectivity index (χ2v) is 4.09. The monoisotopic (exact) mass is 240 g/mol. The van der Waals surface area contributed by atoms with Crippen LogP contribution in [0.4, 0.5) is 0 Å². The summed E-state index contributed by atoms with van der Waals surface area (Å²) in [7, 11) is 0. The van der Waals surface area contributed by atoms with Crippen LogP contribution < -0.4 is 0 Å². The minimum atomic E-state index is 0.401. The molecule has 0 radical (unpaired) electrons. The normalized spacial score (nSPS) is 13.0. The van der Waals surface area contributed by atoms with E-state index >= 15 is 0 Å². The summed E-state index contributed by atoms with van der Waals surface area (Å²) < 4.78 is 0. The van der Waals surface area contributed by atoms with Crippen LogP contribution in [0.25, 0.3) is 0 Å². The molecule has 0 nitrogen and oxygen atoms in total. The average Bonchev–Trinajstić information content (AvgIpc) is 2.81. The Morgan fingerprint density at radius 1 is 0.917 bits per heavy atom. The summed E-state index contributed by atoms with van der Waals surface area (Å²) in [5.74, 6) is 0.401. The van der Waals surface area contributed by atoms with E-state index in [1.54, 1.807) is 0 Å². The second kappa shape index (κ2) is 2.95. The lowest BCUT2D eigenvalue weighted by Crippen LogP contribution is -1.81. The van der Waals surface area contributed by atoms with Gasteiger partial charge < -0.3 is 0 Å². The fraction of sp³-hybridized carbons (Fsp3) is 0.250. The van der Waals surface area contributed by atoms with Gasteiger partial charge in [0.1, 0.15) is 0 Å². The molecule has 0 amide bonds. The van der Waals surface area contributed by atoms with Gasteiger partial charge in [-0.15, -0.1) is 11.6 Å². The summed E-state index contributed by atoms with van der Waals surface area (Å²) >= 11 is 23.4. The van der Waals surface area contributed by atoms with Crippen LogP contribution in [-0.4, -0.2) is 0 Å². The molecular weight excluding hydrogens is 238 g/mol. The van der Waals surface area contributed by atoms with E-state index in [0.29, 0.717) is 20.9 Å². The van der Waals surface area contributed by atoms with E-state index in [1.165, 1.54) is 5.56 Å². The van der Waals surface area contributed by atoms with Crippen molar-refractivity contribution in [2.75, 3.05) is 0 Å². The number of hydrogen-bond acceptors (Lipinski definition) is 0. The molecule has 0 saturated heterocycles. The van der Waals surface area contributed by atoms with Gasteiger partial charge in [0.05, 0.1) is 15.1 Å². The van der Waals surface area contributed by atoms with E-state index in [2.05, 4.69) is 0 Å². The third-order valence-electron chi connectivity index (χ3n) is 2.01. The lowest BCUT2D eigenvalue weighted by Gasteiger charge is -2.02. The smallest absolute Gasteiger partial charge is 0.0784 e. The van der Waals surface area contributed by atoms with Gasteiger partial charge in [-0.1, -0.05) is 34.8 Å². The van der Waals surface area contributed by atoms with Gasteiger partial charge in [0, 0.05) is 5.88 Å². The van der Waals surface area contributed by atoms with E-state index in [4.69, 9.17) is 46.4 Å². The fourth-order valence-corrected chi connectivity index (χ4v) is 2.46. The molecule has 0 aliphatic heterocycles. The molecule has 0 bridgehead atoms. The lowest BCUT2D eigenvalue weighted by atomic mass is 10.2. The Bertz CT molecular complexity index is 357. The van der Waals surface area contributed by atoms with Gasteiger partial charge in [-0.3, -0.25) is 0 Å². The fourth-order valence-electron chi connectivity index (χ4n) is 1.26. The van der Waals surface area contributed by atoms with Crippen LogP contribution >= 0.6 is 46.4 Å². The zero-order valence-corrected chi connectivity index (χ0v) is 8.95. The highest BCUT2D eigenvalue weighted by Gasteiger charge is 2.29. The summed E-state index contributed by atoms with van der Waals surface area (Å²) in [6, 6.07) is 0. The first-order valence-corrected chi connectivity index (χ1v) is 5.06. The summed E-state index contributed by atoms with van der Waals surface area (Å²) in [4.78, 5) is 0. The molecule has 0 heterocycles. The van der Waals surface area contributed by atoms with Crippen molar-refractivity contribution >= 4 is 46.4 Å². The minimum Gasteiger partial charge on any atom is -0.121 e. The molecule has 0 atom stereocenters. The van der Waals surface area contributed by atoms with E-state index in [9.17, 15) is 0 Å². The van der Waals surface area contributed by atoms with Crippen molar-refractivity contribution < 1.29 is 0 Å². The molecule has 12 heavy (non-hydrogen) atoms. The Balaban J connectivity index is 2.70. The summed E-state index contributed by atoms with van der Waals surface area (Å²) in [6.45, 7) is 0. The van der Waals surface area contributed by atoms with Crippen LogP contribution in [0.1, 0.15) is 16.7 Å². The van der Waals surface area contributed by atoms with Crippen LogP contribution in [0.2, 0.25) is 15.1 Å². The topological polar surface area (TPSA) is 0 Å². The Labute approximate surface area is 90.4 Å². The molecule has 0 saturated carbocycles. The van der Waals surface area contributed by atoms with Crippen LogP contribution in [0.3, 0.4) is 0 Å². The zero-order valence-electron chi connectivity index (χ0n) is 5.93. The minimum absolute atomic E-state index is 0.401. The third-order valence-corrected chi connectivity index (χ3v) is 3.68. The molecular formula is C8H4Cl4. The first-order chi connectivity index (χ1) is 5.66. The van der Waals surface area contributed by atoms with Crippen molar-refractivity contribution in [2.24, 2.45) is 0 Å². The highest BCUT2D eigenvalue weighted by molar-refractivity contribution is 6.49. The van der Waals surface area contributed by atoms with Gasteiger partial charge in [-0.25, -0.2) is 0 Å². The van der Waals surface area contributed by atoms with Crippen LogP contribution in [-0.2, 0) is 12.3 Å². The molecule has 1 aliphatic carbocycles. The maximum absolute atomic E-state index is 5.94. The van der Waals surface area contributed by atoms with Crippen LogP contribution in [0.15, 0.2) is 0 Å². The standard InChI is InChI=1S/C8H4Cl4/c9-2-5-3-1-4(3)6(10)8(12)7(5)11/h1-2H2. The SMILES string of the molecule is ClCc1c(Cl)c(Cl)c(Cl)c2c1C2. The molecule has 0 aromatic heterocycles. The lowest BCUT2D eigenvalue weighted by molar-refractivity contribution is 1.39. The number of alkyl halides is 1. The van der Waals surface area contributed by atoms with E-state index < -0.39 is 0 Å². The second-order valence-electron chi connectivity index (χ2n) is 2.69. The molecule has 1 aromatic rings. The molecule has 0 fully saturated rings. The van der Waals surface area contributed by atoms with Gasteiger partial charge in [-0.2, -0.15) is 0 Å². The van der Waals surface area contributed by atoms with Crippen molar-refractivity contribution in [3.8, 4) is 0 Å². The quantitative estimate of drug-likeness (QED) is 0.516. The Morgan fingerprint density at radius 3 is 2.17 bits per heavy atom. The molecule has 1 aromatic carbocycles. The van der Waals surface area contributed by atoms with Gasteiger partial charge in [-0.05, 0) is 23.1 Å². The highest BCUT2D eigenvalue weighted by atomic mass is 35.5. The van der Waals surface area contributed by atoms with Gasteiger partial charge >= 0.3 is 0 Å². The number of rotatable bonds is 1. The van der Waals surface area contributed by atoms with E-state index in [1.807, 2.05) is 0 Å². The summed E-state index contributed by atoms with van der Waals surface area (Å²) in [5, 5.41) is 1.53. The predicted molar refractivity (Wildman–Crippen MR) is 53.8 cm³/mol. The van der Waals surface area contributed by atoms with Crippen molar-refractivity contribution in [1.82, 2.24) is 0 Å². The first-order valence-electron chi connectivity index (χ1n) is 3.39. The number of halogens is 4. The van der Waals surface area contributed by atoms with Crippen molar-refractivity contribution in [3.63, 3.8) is 0 Å². The third kappa shape index (κ3) is 1.13. The number of hydrogen-bond donors (Lipinski definition) is 0. The number of fused-ring (bicyclic) bond motifs is 1. The summed E-state index contributed by atoms with van der Waals surface area (Å²) in [6.07, 6.45) is 0.882. The largest absolute Gasteiger partial charge is 0.121 e. The Hall–Kier alpha value is 0.380. The Morgan fingerprint density at radius 2 is 1.58 bits per heavy atom. The van der Waals surface area contributed by atoms with Crippen LogP contribution in [0, 0.1) is 0 Å². The first kappa shape index (κ1) is 8.96. The van der Waals surface area contributed by atoms with Gasteiger partial charge in [0.15, 0.2) is 0 Å². The van der Waals surface area contributed by atoms with Gasteiger partial charge in [0.2, 0.25) is 0 Å². The molecule has 0 unspecified atom stereocenters. The van der Waals surface area contributed by atoms with Crippen molar-refractivity contribution in [2.45, 2.75) is 12.3 Å². The predicted octanol–water partition coefficient (Wildman–Crippen LogP) is 4.29. The molecule has 2 rings (SSSR count). The summed E-state index contributed by atoms with van der Waals surface area (Å²) in [5.41, 5.74) is 3.20.